The lowest BCUT2D eigenvalue weighted by Gasteiger charge is -2.11. The van der Waals surface area contributed by atoms with Crippen LogP contribution in [0.2, 0.25) is 0 Å². The van der Waals surface area contributed by atoms with Gasteiger partial charge in [-0.15, -0.1) is 0 Å². The van der Waals surface area contributed by atoms with Crippen molar-refractivity contribution < 1.29 is 9.15 Å². The number of benzene rings is 2. The fourth-order valence-corrected chi connectivity index (χ4v) is 3.34. The van der Waals surface area contributed by atoms with E-state index in [9.17, 15) is 4.79 Å². The fourth-order valence-electron chi connectivity index (χ4n) is 3.19. The average Bonchev–Trinajstić information content (AvgIpc) is 3.03. The summed E-state index contributed by atoms with van der Waals surface area (Å²) < 4.78 is 12.9. The molecule has 4 rings (SSSR count). The first-order valence-corrected chi connectivity index (χ1v) is 9.18. The molecule has 0 saturated carbocycles. The summed E-state index contributed by atoms with van der Waals surface area (Å²) in [6, 6.07) is 15.0. The molecule has 0 aliphatic carbocycles. The van der Waals surface area contributed by atoms with E-state index in [1.54, 1.807) is 6.07 Å². The quantitative estimate of drug-likeness (QED) is 0.305. The highest BCUT2D eigenvalue weighted by molar-refractivity contribution is 7.71. The minimum Gasteiger partial charge on any atom is -0.485 e. The van der Waals surface area contributed by atoms with Crippen molar-refractivity contribution in [1.82, 2.24) is 14.9 Å². The maximum absolute atomic E-state index is 12.7. The van der Waals surface area contributed by atoms with Crippen molar-refractivity contribution in [1.29, 1.82) is 0 Å². The standard InChI is InChI=1S/C20H18N4O3S/c1-2-14-15-9-8-13(26-11-17-22-23-20(28)24(17)21)10-16(15)27-19(25)18(14)12-6-4-3-5-7-12/h3-10H,2,11,21H2,1H3,(H,23,28). The zero-order valence-corrected chi connectivity index (χ0v) is 16.0. The van der Waals surface area contributed by atoms with Gasteiger partial charge in [-0.2, -0.15) is 5.10 Å². The highest BCUT2D eigenvalue weighted by atomic mass is 32.1. The monoisotopic (exact) mass is 394 g/mol. The number of hydrogen-bond donors (Lipinski definition) is 2. The predicted molar refractivity (Wildman–Crippen MR) is 109 cm³/mol. The summed E-state index contributed by atoms with van der Waals surface area (Å²) in [6.45, 7) is 2.15. The van der Waals surface area contributed by atoms with E-state index < -0.39 is 0 Å². The summed E-state index contributed by atoms with van der Waals surface area (Å²) in [5.41, 5.74) is 2.51. The van der Waals surface area contributed by atoms with Crippen LogP contribution in [-0.2, 0) is 13.0 Å². The van der Waals surface area contributed by atoms with Crippen molar-refractivity contribution in [3.05, 3.63) is 75.1 Å². The second kappa shape index (κ2) is 7.32. The topological polar surface area (TPSA) is 99.1 Å². The molecule has 2 aromatic heterocycles. The molecule has 0 bridgehead atoms. The van der Waals surface area contributed by atoms with E-state index in [0.717, 1.165) is 16.5 Å². The van der Waals surface area contributed by atoms with Crippen LogP contribution >= 0.6 is 12.2 Å². The molecule has 0 atom stereocenters. The maximum Gasteiger partial charge on any atom is 0.344 e. The molecule has 8 heteroatoms. The Hall–Kier alpha value is -3.39. The molecule has 0 aliphatic rings. The normalized spacial score (nSPS) is 11.0. The number of aromatic nitrogens is 3. The zero-order valence-electron chi connectivity index (χ0n) is 15.1. The first-order valence-electron chi connectivity index (χ1n) is 8.77. The van der Waals surface area contributed by atoms with E-state index in [0.29, 0.717) is 33.9 Å². The first-order chi connectivity index (χ1) is 13.6. The second-order valence-electron chi connectivity index (χ2n) is 6.22. The Kier molecular flexibility index (Phi) is 4.70. The lowest BCUT2D eigenvalue weighted by Crippen LogP contribution is -2.14. The predicted octanol–water partition coefficient (Wildman–Crippen LogP) is 3.57. The highest BCUT2D eigenvalue weighted by Crippen LogP contribution is 2.30. The Balaban J connectivity index is 1.73. The number of hydrogen-bond acceptors (Lipinski definition) is 6. The van der Waals surface area contributed by atoms with Crippen LogP contribution in [0.25, 0.3) is 22.1 Å². The number of fused-ring (bicyclic) bond motifs is 1. The highest BCUT2D eigenvalue weighted by Gasteiger charge is 2.16. The van der Waals surface area contributed by atoms with Crippen molar-refractivity contribution >= 4 is 23.2 Å². The smallest absolute Gasteiger partial charge is 0.344 e. The van der Waals surface area contributed by atoms with Gasteiger partial charge >= 0.3 is 5.63 Å². The Morgan fingerprint density at radius 1 is 1.25 bits per heavy atom. The van der Waals surface area contributed by atoms with E-state index >= 15 is 0 Å². The van der Waals surface area contributed by atoms with Crippen LogP contribution in [-0.4, -0.2) is 14.9 Å². The molecule has 0 fully saturated rings. The van der Waals surface area contributed by atoms with Gasteiger partial charge in [-0.1, -0.05) is 37.3 Å². The van der Waals surface area contributed by atoms with Gasteiger partial charge in [-0.25, -0.2) is 9.47 Å². The SMILES string of the molecule is CCc1c(-c2ccccc2)c(=O)oc2cc(OCc3n[nH]c(=S)n3N)ccc12. The van der Waals surface area contributed by atoms with Gasteiger partial charge in [0.2, 0.25) is 4.77 Å². The second-order valence-corrected chi connectivity index (χ2v) is 6.61. The molecule has 2 heterocycles. The largest absolute Gasteiger partial charge is 0.485 e. The molecule has 0 unspecified atom stereocenters. The van der Waals surface area contributed by atoms with Crippen LogP contribution in [0.4, 0.5) is 0 Å². The number of nitrogens with zero attached hydrogens (tertiary/aromatic N) is 2. The van der Waals surface area contributed by atoms with Crippen molar-refractivity contribution in [3.63, 3.8) is 0 Å². The number of H-pyrrole nitrogens is 1. The summed E-state index contributed by atoms with van der Waals surface area (Å²) in [7, 11) is 0. The molecule has 0 saturated heterocycles. The number of aromatic amines is 1. The van der Waals surface area contributed by atoms with Gasteiger partial charge in [0.1, 0.15) is 17.9 Å². The molecular formula is C20H18N4O3S. The molecule has 7 nitrogen and oxygen atoms in total. The van der Waals surface area contributed by atoms with E-state index in [1.165, 1.54) is 4.68 Å². The van der Waals surface area contributed by atoms with Crippen LogP contribution < -0.4 is 16.2 Å². The Morgan fingerprint density at radius 2 is 2.04 bits per heavy atom. The Bertz CT molecular complexity index is 1260. The molecule has 2 aromatic carbocycles. The molecule has 0 amide bonds. The molecule has 142 valence electrons. The van der Waals surface area contributed by atoms with Gasteiger partial charge in [0.15, 0.2) is 5.82 Å². The van der Waals surface area contributed by atoms with Gasteiger partial charge in [0.05, 0.1) is 5.56 Å². The Morgan fingerprint density at radius 3 is 2.71 bits per heavy atom. The van der Waals surface area contributed by atoms with Crippen molar-refractivity contribution in [2.75, 3.05) is 5.84 Å². The molecule has 0 radical (unpaired) electrons. The van der Waals surface area contributed by atoms with Gasteiger partial charge in [0.25, 0.3) is 0 Å². The van der Waals surface area contributed by atoms with Crippen molar-refractivity contribution in [2.24, 2.45) is 0 Å². The zero-order chi connectivity index (χ0) is 19.7. The van der Waals surface area contributed by atoms with E-state index in [-0.39, 0.29) is 12.2 Å². The number of rotatable bonds is 5. The van der Waals surface area contributed by atoms with Crippen molar-refractivity contribution in [2.45, 2.75) is 20.0 Å². The van der Waals surface area contributed by atoms with Crippen LogP contribution in [0, 0.1) is 4.77 Å². The number of nitrogen functional groups attached to an aromatic ring is 1. The molecular weight excluding hydrogens is 376 g/mol. The van der Waals surface area contributed by atoms with Crippen LogP contribution in [0.1, 0.15) is 18.3 Å². The first kappa shape index (κ1) is 18.0. The lowest BCUT2D eigenvalue weighted by molar-refractivity contribution is 0.292. The molecule has 28 heavy (non-hydrogen) atoms. The third kappa shape index (κ3) is 3.18. The van der Waals surface area contributed by atoms with Gasteiger partial charge in [-0.05, 0) is 41.9 Å². The lowest BCUT2D eigenvalue weighted by atomic mass is 9.97. The third-order valence-corrected chi connectivity index (χ3v) is 4.84. The summed E-state index contributed by atoms with van der Waals surface area (Å²) in [5, 5.41) is 7.48. The summed E-state index contributed by atoms with van der Waals surface area (Å²) in [6.07, 6.45) is 0.703. The van der Waals surface area contributed by atoms with Crippen LogP contribution in [0.5, 0.6) is 5.75 Å². The van der Waals surface area contributed by atoms with Crippen LogP contribution in [0.3, 0.4) is 0 Å². The Labute approximate surface area is 165 Å². The third-order valence-electron chi connectivity index (χ3n) is 4.55. The summed E-state index contributed by atoms with van der Waals surface area (Å²) in [4.78, 5) is 12.7. The minimum absolute atomic E-state index is 0.127. The number of ether oxygens (including phenoxy) is 1. The number of nitrogens with two attached hydrogens (primary N) is 1. The van der Waals surface area contributed by atoms with E-state index in [2.05, 4.69) is 10.2 Å². The van der Waals surface area contributed by atoms with Gasteiger partial charge in [-0.3, -0.25) is 5.10 Å². The molecule has 4 aromatic rings. The molecule has 3 N–H and O–H groups in total. The van der Waals surface area contributed by atoms with Crippen molar-refractivity contribution in [3.8, 4) is 16.9 Å². The van der Waals surface area contributed by atoms with Crippen LogP contribution in [0.15, 0.2) is 57.7 Å². The average molecular weight is 394 g/mol. The molecule has 0 aliphatic heterocycles. The van der Waals surface area contributed by atoms with Gasteiger partial charge in [0, 0.05) is 11.5 Å². The maximum atomic E-state index is 12.7. The minimum atomic E-state index is -0.365. The van der Waals surface area contributed by atoms with Gasteiger partial charge < -0.3 is 15.0 Å². The molecule has 0 spiro atoms. The van der Waals surface area contributed by atoms with E-state index in [1.807, 2.05) is 49.4 Å². The van der Waals surface area contributed by atoms with E-state index in [4.69, 9.17) is 27.2 Å². The summed E-state index contributed by atoms with van der Waals surface area (Å²) >= 11 is 4.98. The summed E-state index contributed by atoms with van der Waals surface area (Å²) in [5.74, 6) is 6.77. The fraction of sp³-hybridized carbons (Fsp3) is 0.150. The number of aryl methyl sites for hydroxylation is 1. The number of nitrogens with one attached hydrogen (secondary N) is 1.